The van der Waals surface area contributed by atoms with Gasteiger partial charge in [0.15, 0.2) is 0 Å². The highest BCUT2D eigenvalue weighted by Crippen LogP contribution is 2.27. The van der Waals surface area contributed by atoms with Crippen molar-refractivity contribution in [3.05, 3.63) is 33.5 Å². The van der Waals surface area contributed by atoms with Gasteiger partial charge in [-0.2, -0.15) is 4.98 Å². The minimum absolute atomic E-state index is 0.0991. The molecule has 18 heavy (non-hydrogen) atoms. The Morgan fingerprint density at radius 3 is 3.00 bits per heavy atom. The summed E-state index contributed by atoms with van der Waals surface area (Å²) < 4.78 is 10.5. The van der Waals surface area contributed by atoms with E-state index in [2.05, 4.69) is 26.1 Å². The molecule has 0 unspecified atom stereocenters. The average molecular weight is 332 g/mol. The quantitative estimate of drug-likeness (QED) is 0.807. The number of esters is 1. The van der Waals surface area contributed by atoms with Crippen molar-refractivity contribution in [2.24, 2.45) is 0 Å². The Morgan fingerprint density at radius 2 is 2.33 bits per heavy atom. The van der Waals surface area contributed by atoms with Crippen LogP contribution >= 0.6 is 27.5 Å². The van der Waals surface area contributed by atoms with Crippen LogP contribution in [0.4, 0.5) is 0 Å². The Kier molecular flexibility index (Phi) is 3.98. The highest BCUT2D eigenvalue weighted by atomic mass is 79.9. The molecule has 0 radical (unpaired) electrons. The summed E-state index contributed by atoms with van der Waals surface area (Å²) in [4.78, 5) is 15.3. The molecule has 0 aliphatic rings. The van der Waals surface area contributed by atoms with Crippen molar-refractivity contribution in [1.29, 1.82) is 0 Å². The van der Waals surface area contributed by atoms with Gasteiger partial charge in [-0.1, -0.05) is 11.6 Å². The van der Waals surface area contributed by atoms with Crippen molar-refractivity contribution in [3.63, 3.8) is 0 Å². The maximum atomic E-state index is 11.4. The van der Waals surface area contributed by atoms with Gasteiger partial charge < -0.3 is 9.26 Å². The summed E-state index contributed by atoms with van der Waals surface area (Å²) in [7, 11) is 0. The fourth-order valence-electron chi connectivity index (χ4n) is 1.25. The number of aromatic nitrogens is 2. The molecule has 0 N–H and O–H groups in total. The van der Waals surface area contributed by atoms with Gasteiger partial charge >= 0.3 is 5.97 Å². The summed E-state index contributed by atoms with van der Waals surface area (Å²) in [5.74, 6) is -0.478. The fourth-order valence-corrected chi connectivity index (χ4v) is 1.74. The zero-order valence-electron chi connectivity index (χ0n) is 9.31. The number of ether oxygens (including phenoxy) is 1. The molecule has 0 saturated heterocycles. The fraction of sp³-hybridized carbons (Fsp3) is 0.182. The van der Waals surface area contributed by atoms with Gasteiger partial charge in [-0.3, -0.25) is 0 Å². The molecule has 0 spiro atoms. The van der Waals surface area contributed by atoms with Crippen LogP contribution in [0.5, 0.6) is 0 Å². The van der Waals surface area contributed by atoms with E-state index in [0.717, 1.165) is 0 Å². The number of hydrogen-bond acceptors (Lipinski definition) is 5. The van der Waals surface area contributed by atoms with E-state index < -0.39 is 5.97 Å². The van der Waals surface area contributed by atoms with Crippen LogP contribution in [0.2, 0.25) is 5.02 Å². The van der Waals surface area contributed by atoms with Gasteiger partial charge in [0.25, 0.3) is 11.7 Å². The van der Waals surface area contributed by atoms with Crippen LogP contribution in [0.3, 0.4) is 0 Å². The third-order valence-corrected chi connectivity index (χ3v) is 3.26. The molecule has 0 saturated carbocycles. The second-order valence-corrected chi connectivity index (χ2v) is 4.53. The van der Waals surface area contributed by atoms with Gasteiger partial charge in [0.1, 0.15) is 0 Å². The van der Waals surface area contributed by atoms with Crippen LogP contribution in [0.25, 0.3) is 11.5 Å². The number of nitrogens with zero attached hydrogens (tertiary/aromatic N) is 2. The molecule has 2 aromatic rings. The zero-order chi connectivity index (χ0) is 13.1. The van der Waals surface area contributed by atoms with Gasteiger partial charge in [0.05, 0.1) is 11.6 Å². The third-order valence-electron chi connectivity index (χ3n) is 2.05. The van der Waals surface area contributed by atoms with Crippen LogP contribution < -0.4 is 0 Å². The normalized spacial score (nSPS) is 10.4. The van der Waals surface area contributed by atoms with Crippen molar-refractivity contribution in [2.45, 2.75) is 6.92 Å². The molecular formula is C11H8BrClN2O3. The number of carbonyl (C=O) groups excluding carboxylic acids is 1. The van der Waals surface area contributed by atoms with E-state index in [9.17, 15) is 4.79 Å². The highest BCUT2D eigenvalue weighted by Gasteiger charge is 2.16. The average Bonchev–Trinajstić information content (AvgIpc) is 2.82. The molecule has 0 atom stereocenters. The highest BCUT2D eigenvalue weighted by molar-refractivity contribution is 9.10. The lowest BCUT2D eigenvalue weighted by molar-refractivity contribution is 0.0508. The molecule has 1 heterocycles. The van der Waals surface area contributed by atoms with Crippen LogP contribution in [0.15, 0.2) is 27.2 Å². The Balaban J connectivity index is 2.29. The molecule has 2 rings (SSSR count). The van der Waals surface area contributed by atoms with Gasteiger partial charge in [-0.05, 0) is 46.2 Å². The molecule has 7 heteroatoms. The SMILES string of the molecule is CCOC(=O)c1noc(-c2ccc(Cl)c(Br)c2)n1. The Hall–Kier alpha value is -1.40. The van der Waals surface area contributed by atoms with E-state index in [1.807, 2.05) is 0 Å². The second kappa shape index (κ2) is 5.49. The van der Waals surface area contributed by atoms with E-state index in [1.54, 1.807) is 25.1 Å². The first kappa shape index (κ1) is 13.0. The summed E-state index contributed by atoms with van der Waals surface area (Å²) in [6.45, 7) is 1.96. The first-order chi connectivity index (χ1) is 8.61. The Labute approximate surface area is 116 Å². The van der Waals surface area contributed by atoms with E-state index in [1.165, 1.54) is 0 Å². The standard InChI is InChI=1S/C11H8BrClN2O3/c1-2-17-11(16)9-14-10(18-15-9)6-3-4-8(13)7(12)5-6/h3-5H,2H2,1H3. The molecular weight excluding hydrogens is 323 g/mol. The smallest absolute Gasteiger partial charge is 0.379 e. The first-order valence-electron chi connectivity index (χ1n) is 5.08. The molecule has 0 fully saturated rings. The van der Waals surface area contributed by atoms with Crippen LogP contribution in [-0.4, -0.2) is 22.7 Å². The van der Waals surface area contributed by atoms with Gasteiger partial charge in [-0.25, -0.2) is 4.79 Å². The first-order valence-corrected chi connectivity index (χ1v) is 6.25. The summed E-state index contributed by atoms with van der Waals surface area (Å²) in [6.07, 6.45) is 0. The predicted molar refractivity (Wildman–Crippen MR) is 68.4 cm³/mol. The number of halogens is 2. The van der Waals surface area contributed by atoms with Crippen molar-refractivity contribution < 1.29 is 14.1 Å². The third kappa shape index (κ3) is 2.70. The summed E-state index contributed by atoms with van der Waals surface area (Å²) >= 11 is 9.17. The second-order valence-electron chi connectivity index (χ2n) is 3.27. The molecule has 0 bridgehead atoms. The van der Waals surface area contributed by atoms with Crippen molar-refractivity contribution in [2.75, 3.05) is 6.61 Å². The van der Waals surface area contributed by atoms with E-state index in [4.69, 9.17) is 20.9 Å². The number of rotatable bonds is 3. The molecule has 0 aliphatic carbocycles. The lowest BCUT2D eigenvalue weighted by Gasteiger charge is -1.97. The number of carbonyl (C=O) groups is 1. The van der Waals surface area contributed by atoms with Gasteiger partial charge in [0, 0.05) is 10.0 Å². The molecule has 1 aromatic heterocycles. The predicted octanol–water partition coefficient (Wildman–Crippen LogP) is 3.33. The van der Waals surface area contributed by atoms with Crippen molar-refractivity contribution in [1.82, 2.24) is 10.1 Å². The van der Waals surface area contributed by atoms with Crippen molar-refractivity contribution in [3.8, 4) is 11.5 Å². The minimum Gasteiger partial charge on any atom is -0.460 e. The van der Waals surface area contributed by atoms with Crippen LogP contribution in [0, 0.1) is 0 Å². The maximum Gasteiger partial charge on any atom is 0.379 e. The monoisotopic (exact) mass is 330 g/mol. The topological polar surface area (TPSA) is 65.2 Å². The molecule has 5 nitrogen and oxygen atoms in total. The van der Waals surface area contributed by atoms with E-state index in [0.29, 0.717) is 15.1 Å². The van der Waals surface area contributed by atoms with E-state index in [-0.39, 0.29) is 18.3 Å². The summed E-state index contributed by atoms with van der Waals surface area (Å²) in [6, 6.07) is 5.13. The zero-order valence-corrected chi connectivity index (χ0v) is 11.7. The van der Waals surface area contributed by atoms with Gasteiger partial charge in [0.2, 0.25) is 0 Å². The molecule has 94 valence electrons. The molecule has 0 amide bonds. The molecule has 0 aliphatic heterocycles. The minimum atomic E-state index is -0.611. The maximum absolute atomic E-state index is 11.4. The van der Waals surface area contributed by atoms with Crippen molar-refractivity contribution >= 4 is 33.5 Å². The Bertz CT molecular complexity index is 585. The lowest BCUT2D eigenvalue weighted by Crippen LogP contribution is -2.06. The Morgan fingerprint density at radius 1 is 1.56 bits per heavy atom. The summed E-state index contributed by atoms with van der Waals surface area (Å²) in [5.41, 5.74) is 0.661. The van der Waals surface area contributed by atoms with Gasteiger partial charge in [-0.15, -0.1) is 0 Å². The summed E-state index contributed by atoms with van der Waals surface area (Å²) in [5, 5.41) is 4.13. The van der Waals surface area contributed by atoms with Crippen LogP contribution in [-0.2, 0) is 4.74 Å². The largest absolute Gasteiger partial charge is 0.460 e. The lowest BCUT2D eigenvalue weighted by atomic mass is 10.2. The number of benzene rings is 1. The number of hydrogen-bond donors (Lipinski definition) is 0. The van der Waals surface area contributed by atoms with E-state index >= 15 is 0 Å². The van der Waals surface area contributed by atoms with Crippen LogP contribution in [0.1, 0.15) is 17.5 Å². The molecule has 1 aromatic carbocycles.